The van der Waals surface area contributed by atoms with Gasteiger partial charge in [0.15, 0.2) is 0 Å². The number of ether oxygens (including phenoxy) is 3. The second-order valence-corrected chi connectivity index (χ2v) is 7.40. The van der Waals surface area contributed by atoms with Gasteiger partial charge < -0.3 is 14.2 Å². The summed E-state index contributed by atoms with van der Waals surface area (Å²) >= 11 is 0. The molecule has 0 unspecified atom stereocenters. The molecule has 1 saturated heterocycles. The number of carbonyl (C=O) groups is 1. The van der Waals surface area contributed by atoms with Crippen LogP contribution in [0.1, 0.15) is 38.2 Å². The zero-order chi connectivity index (χ0) is 17.6. The number of benzene rings is 1. The minimum atomic E-state index is -0.929. The molecule has 136 valence electrons. The van der Waals surface area contributed by atoms with Gasteiger partial charge in [0.05, 0.1) is 13.2 Å². The highest BCUT2D eigenvalue weighted by molar-refractivity contribution is 5.75. The highest BCUT2D eigenvalue weighted by Crippen LogP contribution is 2.29. The number of esters is 1. The predicted octanol–water partition coefficient (Wildman–Crippen LogP) is 4.27. The second-order valence-electron chi connectivity index (χ2n) is 7.40. The summed E-state index contributed by atoms with van der Waals surface area (Å²) in [6.07, 6.45) is 8.77. The van der Waals surface area contributed by atoms with Crippen LogP contribution in [0.15, 0.2) is 36.4 Å². The molecule has 1 heterocycles. The Morgan fingerprint density at radius 1 is 1.00 bits per heavy atom. The van der Waals surface area contributed by atoms with Crippen molar-refractivity contribution in [1.82, 2.24) is 0 Å². The minimum Gasteiger partial charge on any atom is -0.423 e. The smallest absolute Gasteiger partial charge is 0.368 e. The molecule has 1 saturated carbocycles. The molecule has 1 aliphatic heterocycles. The van der Waals surface area contributed by atoms with Crippen molar-refractivity contribution in [1.29, 1.82) is 0 Å². The first kappa shape index (κ1) is 18.2. The van der Waals surface area contributed by atoms with Crippen molar-refractivity contribution in [3.63, 3.8) is 0 Å². The average molecular weight is 344 g/mol. The quantitative estimate of drug-likeness (QED) is 0.465. The molecule has 4 heteroatoms. The third kappa shape index (κ3) is 5.41. The summed E-state index contributed by atoms with van der Waals surface area (Å²) in [4.78, 5) is 12.1. The fourth-order valence-corrected chi connectivity index (χ4v) is 3.33. The fraction of sp³-hybridized carbons (Fsp3) is 0.571. The molecular formula is C21H28O4. The van der Waals surface area contributed by atoms with Gasteiger partial charge in [-0.2, -0.15) is 0 Å². The van der Waals surface area contributed by atoms with Crippen molar-refractivity contribution >= 4 is 5.97 Å². The Morgan fingerprint density at radius 2 is 1.60 bits per heavy atom. The molecule has 3 rings (SSSR count). The highest BCUT2D eigenvalue weighted by Gasteiger charge is 2.29. The normalized spacial score (nSPS) is 30.3. The standard InChI is InChI=1S/C21H28O4/c1-15-3-7-17(8-4-15)9-10-18-13-23-21(24-14-18)20(22)25-19-11-5-16(2)6-12-19/h5-6,9-12,15,17-18,21H,3-4,7-8,13-14H2,1-2H3/b10-9+. The van der Waals surface area contributed by atoms with Crippen molar-refractivity contribution in [3.8, 4) is 5.75 Å². The molecule has 1 aromatic carbocycles. The van der Waals surface area contributed by atoms with Gasteiger partial charge in [-0.15, -0.1) is 0 Å². The maximum absolute atomic E-state index is 12.1. The van der Waals surface area contributed by atoms with E-state index in [-0.39, 0.29) is 5.92 Å². The van der Waals surface area contributed by atoms with E-state index in [1.807, 2.05) is 19.1 Å². The Morgan fingerprint density at radius 3 is 2.24 bits per heavy atom. The molecule has 0 atom stereocenters. The van der Waals surface area contributed by atoms with Gasteiger partial charge in [0, 0.05) is 5.92 Å². The van der Waals surface area contributed by atoms with E-state index < -0.39 is 12.3 Å². The molecule has 1 aromatic rings. The van der Waals surface area contributed by atoms with Crippen molar-refractivity contribution < 1.29 is 19.0 Å². The molecule has 2 fully saturated rings. The lowest BCUT2D eigenvalue weighted by Gasteiger charge is -2.27. The lowest BCUT2D eigenvalue weighted by atomic mass is 9.82. The Balaban J connectivity index is 1.42. The van der Waals surface area contributed by atoms with E-state index in [1.165, 1.54) is 25.7 Å². The summed E-state index contributed by atoms with van der Waals surface area (Å²) in [5, 5.41) is 0. The Labute approximate surface area is 150 Å². The lowest BCUT2D eigenvalue weighted by molar-refractivity contribution is -0.210. The SMILES string of the molecule is Cc1ccc(OC(=O)C2OCC(/C=C/C3CCC(C)CC3)CO2)cc1. The van der Waals surface area contributed by atoms with E-state index in [0.29, 0.717) is 24.9 Å². The van der Waals surface area contributed by atoms with Crippen molar-refractivity contribution in [2.45, 2.75) is 45.8 Å². The molecule has 0 N–H and O–H groups in total. The first-order valence-corrected chi connectivity index (χ1v) is 9.30. The molecule has 0 bridgehead atoms. The molecule has 1 aliphatic carbocycles. The number of allylic oxidation sites excluding steroid dienone is 1. The maximum atomic E-state index is 12.1. The van der Waals surface area contributed by atoms with Crippen LogP contribution in [0.5, 0.6) is 5.75 Å². The van der Waals surface area contributed by atoms with E-state index in [2.05, 4.69) is 19.1 Å². The Bertz CT molecular complexity index is 576. The number of aryl methyl sites for hydroxylation is 1. The highest BCUT2D eigenvalue weighted by atomic mass is 16.7. The largest absolute Gasteiger partial charge is 0.423 e. The third-order valence-corrected chi connectivity index (χ3v) is 5.07. The maximum Gasteiger partial charge on any atom is 0.368 e. The predicted molar refractivity (Wildman–Crippen MR) is 96.3 cm³/mol. The van der Waals surface area contributed by atoms with Crippen LogP contribution in [-0.4, -0.2) is 25.5 Å². The van der Waals surface area contributed by atoms with E-state index in [1.54, 1.807) is 12.1 Å². The van der Waals surface area contributed by atoms with Gasteiger partial charge in [-0.1, -0.05) is 49.6 Å². The first-order valence-electron chi connectivity index (χ1n) is 9.30. The minimum absolute atomic E-state index is 0.211. The zero-order valence-corrected chi connectivity index (χ0v) is 15.1. The molecule has 2 aliphatic rings. The molecule has 0 amide bonds. The van der Waals surface area contributed by atoms with Crippen LogP contribution in [0.25, 0.3) is 0 Å². The van der Waals surface area contributed by atoms with Gasteiger partial charge in [0.1, 0.15) is 5.75 Å². The van der Waals surface area contributed by atoms with Crippen molar-refractivity contribution in [2.75, 3.05) is 13.2 Å². The number of hydrogen-bond acceptors (Lipinski definition) is 4. The molecule has 0 aromatic heterocycles. The van der Waals surface area contributed by atoms with Crippen molar-refractivity contribution in [3.05, 3.63) is 42.0 Å². The number of hydrogen-bond donors (Lipinski definition) is 0. The summed E-state index contributed by atoms with van der Waals surface area (Å²) in [6.45, 7) is 5.31. The molecule has 25 heavy (non-hydrogen) atoms. The summed E-state index contributed by atoms with van der Waals surface area (Å²) in [5.41, 5.74) is 1.12. The van der Waals surface area contributed by atoms with Gasteiger partial charge in [0.2, 0.25) is 0 Å². The van der Waals surface area contributed by atoms with Crippen molar-refractivity contribution in [2.24, 2.45) is 17.8 Å². The molecule has 4 nitrogen and oxygen atoms in total. The summed E-state index contributed by atoms with van der Waals surface area (Å²) in [6, 6.07) is 7.34. The first-order chi connectivity index (χ1) is 12.1. The van der Waals surface area contributed by atoms with Crippen LogP contribution in [0, 0.1) is 24.7 Å². The van der Waals surface area contributed by atoms with Gasteiger partial charge in [-0.3, -0.25) is 0 Å². The monoisotopic (exact) mass is 344 g/mol. The van der Waals surface area contributed by atoms with Crippen LogP contribution in [0.2, 0.25) is 0 Å². The number of rotatable bonds is 4. The number of carbonyl (C=O) groups excluding carboxylic acids is 1. The fourth-order valence-electron chi connectivity index (χ4n) is 3.33. The molecular weight excluding hydrogens is 316 g/mol. The van der Waals surface area contributed by atoms with Gasteiger partial charge >= 0.3 is 5.97 Å². The Hall–Kier alpha value is -1.65. The summed E-state index contributed by atoms with van der Waals surface area (Å²) in [7, 11) is 0. The van der Waals surface area contributed by atoms with E-state index in [0.717, 1.165) is 11.5 Å². The topological polar surface area (TPSA) is 44.8 Å². The van der Waals surface area contributed by atoms with Gasteiger partial charge in [0.25, 0.3) is 6.29 Å². The van der Waals surface area contributed by atoms with Gasteiger partial charge in [-0.25, -0.2) is 4.79 Å². The van der Waals surface area contributed by atoms with Crippen LogP contribution in [-0.2, 0) is 14.3 Å². The van der Waals surface area contributed by atoms with Gasteiger partial charge in [-0.05, 0) is 43.7 Å². The van der Waals surface area contributed by atoms with Crippen LogP contribution in [0.4, 0.5) is 0 Å². The summed E-state index contributed by atoms with van der Waals surface area (Å²) < 4.78 is 16.4. The van der Waals surface area contributed by atoms with E-state index >= 15 is 0 Å². The zero-order valence-electron chi connectivity index (χ0n) is 15.1. The molecule has 0 spiro atoms. The van der Waals surface area contributed by atoms with E-state index in [9.17, 15) is 4.79 Å². The third-order valence-electron chi connectivity index (χ3n) is 5.07. The van der Waals surface area contributed by atoms with Crippen LogP contribution >= 0.6 is 0 Å². The van der Waals surface area contributed by atoms with Crippen LogP contribution < -0.4 is 4.74 Å². The summed E-state index contributed by atoms with van der Waals surface area (Å²) in [5.74, 6) is 1.78. The lowest BCUT2D eigenvalue weighted by Crippen LogP contribution is -2.39. The second kappa shape index (κ2) is 8.63. The average Bonchev–Trinajstić information content (AvgIpc) is 2.63. The Kier molecular flexibility index (Phi) is 6.27. The van der Waals surface area contributed by atoms with E-state index in [4.69, 9.17) is 14.2 Å². The van der Waals surface area contributed by atoms with Crippen LogP contribution in [0.3, 0.4) is 0 Å². The molecule has 0 radical (unpaired) electrons.